The monoisotopic (exact) mass is 133 g/mol. The minimum Gasteiger partial charge on any atom is -0.394 e. The van der Waals surface area contributed by atoms with E-state index in [1.54, 1.807) is 0 Å². The second kappa shape index (κ2) is 3.51. The Balaban J connectivity index is 3.40. The number of aliphatic hydroxyl groups is 1. The van der Waals surface area contributed by atoms with Crippen molar-refractivity contribution in [3.8, 4) is 0 Å². The highest BCUT2D eigenvalue weighted by molar-refractivity contribution is 8.16. The van der Waals surface area contributed by atoms with Crippen LogP contribution in [0.1, 0.15) is 0 Å². The van der Waals surface area contributed by atoms with E-state index in [1.165, 1.54) is 0 Å². The van der Waals surface area contributed by atoms with Crippen LogP contribution >= 0.6 is 11.8 Å². The molecule has 4 heteroatoms. The number of carbonyl (C=O) groups excluding carboxylic acids is 1. The van der Waals surface area contributed by atoms with Crippen molar-refractivity contribution in [1.29, 1.82) is 0 Å². The minimum absolute atomic E-state index is 0.212. The molecule has 0 saturated heterocycles. The van der Waals surface area contributed by atoms with Gasteiger partial charge in [0.2, 0.25) is 5.12 Å². The second-order valence-corrected chi connectivity index (χ2v) is 2.28. The Bertz CT molecular complexity index is 113. The van der Waals surface area contributed by atoms with Gasteiger partial charge in [0.1, 0.15) is 6.61 Å². The Hall–Kier alpha value is -0.480. The SMILES string of the molecule is C=C(N)SC(=O)CO. The number of hydrogen-bond acceptors (Lipinski definition) is 4. The average Bonchev–Trinajstić information content (AvgIpc) is 1.65. The first-order valence-corrected chi connectivity index (χ1v) is 2.74. The van der Waals surface area contributed by atoms with E-state index in [9.17, 15) is 4.79 Å². The maximum Gasteiger partial charge on any atom is 0.220 e. The van der Waals surface area contributed by atoms with Crippen molar-refractivity contribution in [2.75, 3.05) is 6.61 Å². The maximum atomic E-state index is 10.2. The molecule has 0 aromatic rings. The standard InChI is InChI=1S/C4H7NO2S/c1-3(5)8-4(7)2-6/h6H,1-2,5H2. The minimum atomic E-state index is -0.485. The van der Waals surface area contributed by atoms with E-state index in [-0.39, 0.29) is 10.1 Å². The van der Waals surface area contributed by atoms with E-state index in [4.69, 9.17) is 10.8 Å². The third-order valence-corrected chi connectivity index (χ3v) is 0.993. The van der Waals surface area contributed by atoms with Crippen LogP contribution in [-0.4, -0.2) is 16.8 Å². The summed E-state index contributed by atoms with van der Waals surface area (Å²) in [4.78, 5) is 10.2. The van der Waals surface area contributed by atoms with Gasteiger partial charge in [-0.05, 0) is 11.8 Å². The van der Waals surface area contributed by atoms with Crippen molar-refractivity contribution >= 4 is 16.9 Å². The quantitative estimate of drug-likeness (QED) is 0.541. The van der Waals surface area contributed by atoms with Crippen LogP contribution in [0.25, 0.3) is 0 Å². The molecular formula is C4H7NO2S. The molecule has 0 aromatic carbocycles. The Kier molecular flexibility index (Phi) is 3.30. The number of rotatable bonds is 2. The lowest BCUT2D eigenvalue weighted by Gasteiger charge is -1.91. The molecule has 3 N–H and O–H groups in total. The summed E-state index contributed by atoms with van der Waals surface area (Å²) in [5.41, 5.74) is 5.01. The molecule has 0 amide bonds. The Morgan fingerprint density at radius 3 is 2.50 bits per heavy atom. The molecule has 0 rings (SSSR count). The van der Waals surface area contributed by atoms with Crippen molar-refractivity contribution in [2.24, 2.45) is 5.73 Å². The number of aliphatic hydroxyl groups excluding tert-OH is 1. The van der Waals surface area contributed by atoms with Crippen LogP contribution in [0.3, 0.4) is 0 Å². The van der Waals surface area contributed by atoms with Gasteiger partial charge in [-0.2, -0.15) is 0 Å². The third-order valence-electron chi connectivity index (χ3n) is 0.374. The fourth-order valence-electron chi connectivity index (χ4n) is 0.178. The summed E-state index contributed by atoms with van der Waals surface area (Å²) in [6.07, 6.45) is 0. The van der Waals surface area contributed by atoms with Crippen LogP contribution in [0, 0.1) is 0 Å². The molecule has 3 nitrogen and oxygen atoms in total. The van der Waals surface area contributed by atoms with Crippen molar-refractivity contribution in [2.45, 2.75) is 0 Å². The van der Waals surface area contributed by atoms with E-state index < -0.39 is 6.61 Å². The van der Waals surface area contributed by atoms with Gasteiger partial charge in [0.05, 0.1) is 5.03 Å². The van der Waals surface area contributed by atoms with Crippen molar-refractivity contribution < 1.29 is 9.90 Å². The lowest BCUT2D eigenvalue weighted by Crippen LogP contribution is -2.01. The predicted octanol–water partition coefficient (Wildman–Crippen LogP) is -0.332. The van der Waals surface area contributed by atoms with E-state index in [0.717, 1.165) is 11.8 Å². The second-order valence-electron chi connectivity index (χ2n) is 1.10. The lowest BCUT2D eigenvalue weighted by molar-refractivity contribution is -0.113. The van der Waals surface area contributed by atoms with Crippen molar-refractivity contribution in [3.05, 3.63) is 11.6 Å². The topological polar surface area (TPSA) is 63.3 Å². The summed E-state index contributed by atoms with van der Waals surface area (Å²) < 4.78 is 0. The molecule has 0 spiro atoms. The van der Waals surface area contributed by atoms with Crippen LogP contribution < -0.4 is 5.73 Å². The summed E-state index contributed by atoms with van der Waals surface area (Å²) in [7, 11) is 0. The van der Waals surface area contributed by atoms with Crippen molar-refractivity contribution in [1.82, 2.24) is 0 Å². The van der Waals surface area contributed by atoms with E-state index in [2.05, 4.69) is 6.58 Å². The summed E-state index contributed by atoms with van der Waals surface area (Å²) in [6.45, 7) is 2.77. The Morgan fingerprint density at radius 2 is 2.38 bits per heavy atom. The average molecular weight is 133 g/mol. The molecule has 0 fully saturated rings. The molecule has 0 aromatic heterocycles. The van der Waals surface area contributed by atoms with Gasteiger partial charge in [-0.1, -0.05) is 6.58 Å². The fraction of sp³-hybridized carbons (Fsp3) is 0.250. The molecule has 0 aliphatic carbocycles. The molecule has 46 valence electrons. The van der Waals surface area contributed by atoms with Gasteiger partial charge >= 0.3 is 0 Å². The first kappa shape index (κ1) is 7.52. The highest BCUT2D eigenvalue weighted by Gasteiger charge is 1.98. The summed E-state index contributed by atoms with van der Waals surface area (Å²) >= 11 is 0.749. The number of nitrogens with two attached hydrogens (primary N) is 1. The molecule has 0 radical (unpaired) electrons. The highest BCUT2D eigenvalue weighted by atomic mass is 32.2. The molecule has 0 atom stereocenters. The normalized spacial score (nSPS) is 8.62. The summed E-state index contributed by atoms with van der Waals surface area (Å²) in [6, 6.07) is 0. The van der Waals surface area contributed by atoms with Crippen molar-refractivity contribution in [3.63, 3.8) is 0 Å². The summed E-state index contributed by atoms with van der Waals surface area (Å²) in [5, 5.41) is 7.95. The van der Waals surface area contributed by atoms with Gasteiger partial charge in [0.25, 0.3) is 0 Å². The zero-order valence-electron chi connectivity index (χ0n) is 4.26. The highest BCUT2D eigenvalue weighted by Crippen LogP contribution is 2.06. The zero-order chi connectivity index (χ0) is 6.57. The van der Waals surface area contributed by atoms with Crippen LogP contribution in [-0.2, 0) is 4.79 Å². The van der Waals surface area contributed by atoms with E-state index >= 15 is 0 Å². The van der Waals surface area contributed by atoms with Crippen LogP contribution in [0.4, 0.5) is 0 Å². The molecule has 0 saturated carbocycles. The van der Waals surface area contributed by atoms with E-state index in [1.807, 2.05) is 0 Å². The van der Waals surface area contributed by atoms with Crippen LogP contribution in [0.2, 0.25) is 0 Å². The van der Waals surface area contributed by atoms with Crippen LogP contribution in [0.15, 0.2) is 11.6 Å². The third kappa shape index (κ3) is 3.70. The molecule has 0 bridgehead atoms. The lowest BCUT2D eigenvalue weighted by atomic mass is 10.8. The van der Waals surface area contributed by atoms with E-state index in [0.29, 0.717) is 0 Å². The van der Waals surface area contributed by atoms with Gasteiger partial charge in [-0.3, -0.25) is 4.79 Å². The zero-order valence-corrected chi connectivity index (χ0v) is 5.07. The number of thioether (sulfide) groups is 1. The molecule has 0 unspecified atom stereocenters. The maximum absolute atomic E-state index is 10.2. The van der Waals surface area contributed by atoms with Gasteiger partial charge in [0.15, 0.2) is 0 Å². The number of carbonyl (C=O) groups is 1. The molecule has 8 heavy (non-hydrogen) atoms. The molecule has 0 aliphatic heterocycles. The van der Waals surface area contributed by atoms with Gasteiger partial charge in [0, 0.05) is 0 Å². The van der Waals surface area contributed by atoms with Gasteiger partial charge in [-0.15, -0.1) is 0 Å². The van der Waals surface area contributed by atoms with Gasteiger partial charge in [-0.25, -0.2) is 0 Å². The first-order chi connectivity index (χ1) is 3.66. The van der Waals surface area contributed by atoms with Gasteiger partial charge < -0.3 is 10.8 Å². The largest absolute Gasteiger partial charge is 0.394 e. The number of hydrogen-bond donors (Lipinski definition) is 2. The summed E-state index contributed by atoms with van der Waals surface area (Å²) in [5.74, 6) is 0. The van der Waals surface area contributed by atoms with Crippen LogP contribution in [0.5, 0.6) is 0 Å². The fourth-order valence-corrected chi connectivity index (χ4v) is 0.535. The Labute approximate surface area is 51.6 Å². The molecule has 0 aliphatic rings. The smallest absolute Gasteiger partial charge is 0.220 e. The molecular weight excluding hydrogens is 126 g/mol. The molecule has 0 heterocycles. The first-order valence-electron chi connectivity index (χ1n) is 1.92. The Morgan fingerprint density at radius 1 is 1.88 bits per heavy atom. The predicted molar refractivity (Wildman–Crippen MR) is 33.0 cm³/mol.